The van der Waals surface area contributed by atoms with Crippen LogP contribution < -0.4 is 0 Å². The number of carbonyl (C=O) groups is 1. The molecule has 1 amide bonds. The number of hydrogen-bond acceptors (Lipinski definition) is 2. The van der Waals surface area contributed by atoms with Crippen molar-refractivity contribution in [3.8, 4) is 0 Å². The summed E-state index contributed by atoms with van der Waals surface area (Å²) in [4.78, 5) is 16.6. The summed E-state index contributed by atoms with van der Waals surface area (Å²) in [6, 6.07) is 2.58. The Kier molecular flexibility index (Phi) is 3.56. The van der Waals surface area contributed by atoms with Crippen LogP contribution in [-0.4, -0.2) is 17.4 Å². The summed E-state index contributed by atoms with van der Waals surface area (Å²) in [5.74, 6) is 2.93. The van der Waals surface area contributed by atoms with Gasteiger partial charge in [-0.05, 0) is 66.9 Å². The lowest BCUT2D eigenvalue weighted by molar-refractivity contribution is -0.135. The number of hydrogen-bond donors (Lipinski definition) is 0. The highest BCUT2D eigenvalue weighted by atomic mass is 32.1. The van der Waals surface area contributed by atoms with Crippen LogP contribution in [0.15, 0.2) is 11.4 Å². The van der Waals surface area contributed by atoms with Gasteiger partial charge in [-0.25, -0.2) is 0 Å². The van der Waals surface area contributed by atoms with E-state index in [4.69, 9.17) is 0 Å². The first-order valence-corrected chi connectivity index (χ1v) is 9.50. The predicted octanol–water partition coefficient (Wildman–Crippen LogP) is 4.41. The van der Waals surface area contributed by atoms with Crippen molar-refractivity contribution in [2.24, 2.45) is 17.8 Å². The van der Waals surface area contributed by atoms with Gasteiger partial charge in [-0.3, -0.25) is 4.79 Å². The number of amides is 1. The Balaban J connectivity index is 1.47. The summed E-state index contributed by atoms with van der Waals surface area (Å²) in [5.41, 5.74) is 1.43. The van der Waals surface area contributed by atoms with Gasteiger partial charge in [0.1, 0.15) is 0 Å². The highest BCUT2D eigenvalue weighted by Gasteiger charge is 2.41. The van der Waals surface area contributed by atoms with Gasteiger partial charge in [-0.1, -0.05) is 13.3 Å². The molecule has 2 nitrogen and oxygen atoms in total. The van der Waals surface area contributed by atoms with Gasteiger partial charge in [-0.2, -0.15) is 0 Å². The molecule has 114 valence electrons. The van der Waals surface area contributed by atoms with Crippen LogP contribution in [0, 0.1) is 17.8 Å². The summed E-state index contributed by atoms with van der Waals surface area (Å²) in [6.45, 7) is 3.15. The third-order valence-electron chi connectivity index (χ3n) is 6.12. The molecule has 1 aromatic rings. The van der Waals surface area contributed by atoms with Gasteiger partial charge >= 0.3 is 0 Å². The van der Waals surface area contributed by atoms with Crippen LogP contribution in [0.25, 0.3) is 0 Å². The lowest BCUT2D eigenvalue weighted by atomic mass is 9.85. The first-order chi connectivity index (χ1) is 10.3. The van der Waals surface area contributed by atoms with E-state index >= 15 is 0 Å². The molecule has 2 fully saturated rings. The molecule has 21 heavy (non-hydrogen) atoms. The zero-order chi connectivity index (χ0) is 14.4. The van der Waals surface area contributed by atoms with E-state index in [1.807, 2.05) is 11.3 Å². The van der Waals surface area contributed by atoms with E-state index in [0.29, 0.717) is 17.9 Å². The minimum absolute atomic E-state index is 0.339. The Morgan fingerprint density at radius 2 is 2.29 bits per heavy atom. The van der Waals surface area contributed by atoms with Crippen LogP contribution in [0.5, 0.6) is 0 Å². The molecule has 0 unspecified atom stereocenters. The maximum absolute atomic E-state index is 12.9. The fourth-order valence-corrected chi connectivity index (χ4v) is 6.03. The fraction of sp³-hybridized carbons (Fsp3) is 0.722. The Hall–Kier alpha value is -0.830. The topological polar surface area (TPSA) is 20.3 Å². The lowest BCUT2D eigenvalue weighted by Crippen LogP contribution is -2.40. The molecule has 3 aliphatic rings. The van der Waals surface area contributed by atoms with E-state index in [1.54, 1.807) is 0 Å². The SMILES string of the molecule is CC[C@H]1c2ccsc2CCN1C(=O)C[C@@H]1C[C@H]2CC[C@H]1C2. The predicted molar refractivity (Wildman–Crippen MR) is 86.3 cm³/mol. The van der Waals surface area contributed by atoms with Crippen molar-refractivity contribution >= 4 is 17.2 Å². The van der Waals surface area contributed by atoms with Crippen molar-refractivity contribution in [1.82, 2.24) is 4.90 Å². The molecule has 2 aliphatic carbocycles. The van der Waals surface area contributed by atoms with Crippen LogP contribution in [0.1, 0.15) is 61.9 Å². The van der Waals surface area contributed by atoms with Crippen molar-refractivity contribution in [3.63, 3.8) is 0 Å². The average molecular weight is 303 g/mol. The average Bonchev–Trinajstić information content (AvgIpc) is 3.21. The minimum atomic E-state index is 0.339. The molecular weight excluding hydrogens is 278 g/mol. The second kappa shape index (κ2) is 5.42. The van der Waals surface area contributed by atoms with Gasteiger partial charge in [0.25, 0.3) is 0 Å². The number of rotatable bonds is 3. The molecule has 3 heteroatoms. The van der Waals surface area contributed by atoms with Crippen LogP contribution in [0.2, 0.25) is 0 Å². The molecule has 2 saturated carbocycles. The summed E-state index contributed by atoms with van der Waals surface area (Å²) in [6.07, 6.45) is 8.47. The Morgan fingerprint density at radius 1 is 1.38 bits per heavy atom. The van der Waals surface area contributed by atoms with Crippen molar-refractivity contribution < 1.29 is 4.79 Å². The largest absolute Gasteiger partial charge is 0.335 e. The summed E-state index contributed by atoms with van der Waals surface area (Å²) in [7, 11) is 0. The van der Waals surface area contributed by atoms with Crippen molar-refractivity contribution in [3.05, 3.63) is 21.9 Å². The number of fused-ring (bicyclic) bond motifs is 3. The third kappa shape index (κ3) is 2.34. The number of nitrogens with zero attached hydrogens (tertiary/aromatic N) is 1. The first kappa shape index (κ1) is 13.8. The normalized spacial score (nSPS) is 34.2. The molecular formula is C18H25NOS. The van der Waals surface area contributed by atoms with Gasteiger partial charge in [0.15, 0.2) is 0 Å². The standard InChI is InChI=1S/C18H25NOS/c1-2-16-15-6-8-21-17(15)5-7-19(16)18(20)11-14-10-12-3-4-13(14)9-12/h6,8,12-14,16H,2-5,7,9-11H2,1H3/t12-,13-,14-,16-/m0/s1. The summed E-state index contributed by atoms with van der Waals surface area (Å²) < 4.78 is 0. The van der Waals surface area contributed by atoms with Crippen molar-refractivity contribution in [1.29, 1.82) is 0 Å². The van der Waals surface area contributed by atoms with E-state index in [2.05, 4.69) is 23.3 Å². The van der Waals surface area contributed by atoms with Gasteiger partial charge in [0.2, 0.25) is 5.91 Å². The third-order valence-corrected chi connectivity index (χ3v) is 7.12. The summed E-state index contributed by atoms with van der Waals surface area (Å²) in [5, 5.41) is 2.19. The van der Waals surface area contributed by atoms with E-state index in [-0.39, 0.29) is 0 Å². The van der Waals surface area contributed by atoms with Crippen LogP contribution >= 0.6 is 11.3 Å². The molecule has 0 N–H and O–H groups in total. The molecule has 1 aliphatic heterocycles. The maximum atomic E-state index is 12.9. The minimum Gasteiger partial charge on any atom is -0.335 e. The zero-order valence-corrected chi connectivity index (χ0v) is 13.7. The van der Waals surface area contributed by atoms with Crippen LogP contribution in [0.4, 0.5) is 0 Å². The second-order valence-electron chi connectivity index (χ2n) is 7.20. The van der Waals surface area contributed by atoms with Crippen LogP contribution in [-0.2, 0) is 11.2 Å². The molecule has 0 radical (unpaired) electrons. The smallest absolute Gasteiger partial charge is 0.223 e. The van der Waals surface area contributed by atoms with E-state index in [9.17, 15) is 4.79 Å². The molecule has 2 bridgehead atoms. The quantitative estimate of drug-likeness (QED) is 0.810. The maximum Gasteiger partial charge on any atom is 0.223 e. The van der Waals surface area contributed by atoms with Gasteiger partial charge in [-0.15, -0.1) is 11.3 Å². The Labute approximate surface area is 131 Å². The Morgan fingerprint density at radius 3 is 3.00 bits per heavy atom. The molecule has 0 spiro atoms. The number of thiophene rings is 1. The van der Waals surface area contributed by atoms with E-state index in [0.717, 1.165) is 37.6 Å². The van der Waals surface area contributed by atoms with Crippen LogP contribution in [0.3, 0.4) is 0 Å². The monoisotopic (exact) mass is 303 g/mol. The first-order valence-electron chi connectivity index (χ1n) is 8.62. The van der Waals surface area contributed by atoms with Crippen molar-refractivity contribution in [2.45, 2.75) is 57.9 Å². The molecule has 1 aromatic heterocycles. The molecule has 0 aromatic carbocycles. The molecule has 0 saturated heterocycles. The molecule has 2 heterocycles. The van der Waals surface area contributed by atoms with E-state index < -0.39 is 0 Å². The zero-order valence-electron chi connectivity index (χ0n) is 12.9. The van der Waals surface area contributed by atoms with Gasteiger partial charge in [0.05, 0.1) is 6.04 Å². The highest BCUT2D eigenvalue weighted by Crippen LogP contribution is 2.50. The number of carbonyl (C=O) groups excluding carboxylic acids is 1. The highest BCUT2D eigenvalue weighted by molar-refractivity contribution is 7.10. The Bertz CT molecular complexity index is 537. The van der Waals surface area contributed by atoms with Gasteiger partial charge in [0, 0.05) is 17.8 Å². The van der Waals surface area contributed by atoms with Gasteiger partial charge < -0.3 is 4.90 Å². The lowest BCUT2D eigenvalue weighted by Gasteiger charge is -2.36. The molecule has 4 rings (SSSR count). The second-order valence-corrected chi connectivity index (χ2v) is 8.20. The van der Waals surface area contributed by atoms with E-state index in [1.165, 1.54) is 36.1 Å². The summed E-state index contributed by atoms with van der Waals surface area (Å²) >= 11 is 1.86. The fourth-order valence-electron chi connectivity index (χ4n) is 5.10. The molecule has 4 atom stereocenters. The van der Waals surface area contributed by atoms with Crippen molar-refractivity contribution in [2.75, 3.05) is 6.54 Å².